The standard InChI is InChI=1S/C16H20O7/c1-21-11-6-4-10(5-7-11)3-2-8-22-16-15(20)14(19)13(18)12(9-17)23-16/h4-7,12-20H,8-9H2,1H3/t12-,13-,14+,15+,16+/m1/s1. The molecule has 23 heavy (non-hydrogen) atoms. The summed E-state index contributed by atoms with van der Waals surface area (Å²) in [6.45, 7) is -0.545. The number of hydrogen-bond acceptors (Lipinski definition) is 7. The Bertz CT molecular complexity index is 546. The van der Waals surface area contributed by atoms with Gasteiger partial charge in [0.25, 0.3) is 0 Å². The lowest BCUT2D eigenvalue weighted by Crippen LogP contribution is -2.59. The molecule has 4 N–H and O–H groups in total. The van der Waals surface area contributed by atoms with Crippen LogP contribution >= 0.6 is 0 Å². The lowest BCUT2D eigenvalue weighted by atomic mass is 9.99. The van der Waals surface area contributed by atoms with E-state index < -0.39 is 37.3 Å². The summed E-state index contributed by atoms with van der Waals surface area (Å²) < 4.78 is 15.5. The van der Waals surface area contributed by atoms with Gasteiger partial charge in [-0.3, -0.25) is 0 Å². The number of aliphatic hydroxyl groups excluding tert-OH is 4. The predicted molar refractivity (Wildman–Crippen MR) is 79.6 cm³/mol. The average molecular weight is 324 g/mol. The Labute approximate surface area is 134 Å². The first-order valence-electron chi connectivity index (χ1n) is 7.12. The summed E-state index contributed by atoms with van der Waals surface area (Å²) in [5.41, 5.74) is 0.767. The minimum absolute atomic E-state index is 0.0469. The van der Waals surface area contributed by atoms with E-state index >= 15 is 0 Å². The molecule has 7 nitrogen and oxygen atoms in total. The SMILES string of the molecule is COc1ccc(C#CCO[C@H]2O[C@H](CO)[C@@H](O)[C@H](O)[C@@H]2O)cc1. The summed E-state index contributed by atoms with van der Waals surface area (Å²) in [6, 6.07) is 7.14. The molecule has 1 saturated heterocycles. The fraction of sp³-hybridized carbons (Fsp3) is 0.500. The van der Waals surface area contributed by atoms with Crippen molar-refractivity contribution in [2.75, 3.05) is 20.3 Å². The number of aliphatic hydroxyl groups is 4. The fourth-order valence-corrected chi connectivity index (χ4v) is 2.14. The van der Waals surface area contributed by atoms with E-state index in [1.807, 2.05) is 0 Å². The second-order valence-corrected chi connectivity index (χ2v) is 5.04. The first-order chi connectivity index (χ1) is 11.1. The molecule has 0 saturated carbocycles. The maximum atomic E-state index is 9.79. The van der Waals surface area contributed by atoms with Crippen LogP contribution in [0.3, 0.4) is 0 Å². The molecule has 126 valence electrons. The second kappa shape index (κ2) is 8.26. The van der Waals surface area contributed by atoms with Gasteiger partial charge in [-0.25, -0.2) is 0 Å². The summed E-state index contributed by atoms with van der Waals surface area (Å²) in [4.78, 5) is 0. The number of ether oxygens (including phenoxy) is 3. The summed E-state index contributed by atoms with van der Waals surface area (Å²) in [5.74, 6) is 6.35. The smallest absolute Gasteiger partial charge is 0.187 e. The van der Waals surface area contributed by atoms with E-state index in [4.69, 9.17) is 19.3 Å². The average Bonchev–Trinajstić information content (AvgIpc) is 2.59. The molecule has 0 unspecified atom stereocenters. The second-order valence-electron chi connectivity index (χ2n) is 5.04. The van der Waals surface area contributed by atoms with Crippen LogP contribution in [-0.2, 0) is 9.47 Å². The third-order valence-corrected chi connectivity index (χ3v) is 3.49. The molecule has 1 fully saturated rings. The first kappa shape index (κ1) is 17.7. The van der Waals surface area contributed by atoms with E-state index in [0.29, 0.717) is 0 Å². The summed E-state index contributed by atoms with van der Waals surface area (Å²) in [5, 5.41) is 38.1. The summed E-state index contributed by atoms with van der Waals surface area (Å²) in [7, 11) is 1.58. The number of benzene rings is 1. The van der Waals surface area contributed by atoms with Gasteiger partial charge in [0.1, 0.15) is 36.8 Å². The van der Waals surface area contributed by atoms with Crippen LogP contribution in [0, 0.1) is 11.8 Å². The molecule has 0 aliphatic carbocycles. The Hall–Kier alpha value is -1.66. The van der Waals surface area contributed by atoms with Crippen LogP contribution in [0.1, 0.15) is 5.56 Å². The zero-order valence-corrected chi connectivity index (χ0v) is 12.6. The molecule has 0 aromatic heterocycles. The van der Waals surface area contributed by atoms with Crippen LogP contribution in [-0.4, -0.2) is 71.5 Å². The van der Waals surface area contributed by atoms with Crippen molar-refractivity contribution in [3.8, 4) is 17.6 Å². The predicted octanol–water partition coefficient (Wildman–Crippen LogP) is -1.14. The van der Waals surface area contributed by atoms with E-state index in [0.717, 1.165) is 11.3 Å². The molecule has 0 radical (unpaired) electrons. The quantitative estimate of drug-likeness (QED) is 0.519. The molecule has 0 bridgehead atoms. The lowest BCUT2D eigenvalue weighted by molar-refractivity contribution is -0.298. The largest absolute Gasteiger partial charge is 0.497 e. The third kappa shape index (κ3) is 4.42. The molecule has 1 aliphatic rings. The maximum absolute atomic E-state index is 9.79. The lowest BCUT2D eigenvalue weighted by Gasteiger charge is -2.39. The Kier molecular flexibility index (Phi) is 6.36. The van der Waals surface area contributed by atoms with Crippen LogP contribution < -0.4 is 4.74 Å². The minimum Gasteiger partial charge on any atom is -0.497 e. The Balaban J connectivity index is 1.89. The van der Waals surface area contributed by atoms with Crippen molar-refractivity contribution < 1.29 is 34.6 Å². The molecular weight excluding hydrogens is 304 g/mol. The van der Waals surface area contributed by atoms with E-state index in [1.54, 1.807) is 31.4 Å². The molecular formula is C16H20O7. The Morgan fingerprint density at radius 1 is 1.09 bits per heavy atom. The van der Waals surface area contributed by atoms with Crippen molar-refractivity contribution in [1.82, 2.24) is 0 Å². The van der Waals surface area contributed by atoms with Gasteiger partial charge in [0.2, 0.25) is 0 Å². The monoisotopic (exact) mass is 324 g/mol. The van der Waals surface area contributed by atoms with Crippen LogP contribution in [0.5, 0.6) is 5.75 Å². The zero-order valence-electron chi connectivity index (χ0n) is 12.6. The first-order valence-corrected chi connectivity index (χ1v) is 7.12. The van der Waals surface area contributed by atoms with Crippen molar-refractivity contribution in [3.63, 3.8) is 0 Å². The molecule has 7 heteroatoms. The Morgan fingerprint density at radius 3 is 2.39 bits per heavy atom. The molecule has 1 aromatic rings. The van der Waals surface area contributed by atoms with Gasteiger partial charge in [0.15, 0.2) is 6.29 Å². The van der Waals surface area contributed by atoms with Crippen LogP contribution in [0.2, 0.25) is 0 Å². The molecule has 1 aromatic carbocycles. The molecule has 1 heterocycles. The van der Waals surface area contributed by atoms with Crippen LogP contribution in [0.4, 0.5) is 0 Å². The van der Waals surface area contributed by atoms with Crippen molar-refractivity contribution in [2.24, 2.45) is 0 Å². The van der Waals surface area contributed by atoms with Crippen LogP contribution in [0.25, 0.3) is 0 Å². The van der Waals surface area contributed by atoms with Crippen molar-refractivity contribution >= 4 is 0 Å². The van der Waals surface area contributed by atoms with Gasteiger partial charge in [-0.2, -0.15) is 0 Å². The van der Waals surface area contributed by atoms with Crippen LogP contribution in [0.15, 0.2) is 24.3 Å². The number of methoxy groups -OCH3 is 1. The van der Waals surface area contributed by atoms with E-state index in [9.17, 15) is 15.3 Å². The normalized spacial score (nSPS) is 30.4. The maximum Gasteiger partial charge on any atom is 0.187 e. The minimum atomic E-state index is -1.46. The summed E-state index contributed by atoms with van der Waals surface area (Å²) in [6.07, 6.45) is -6.44. The molecule has 0 spiro atoms. The van der Waals surface area contributed by atoms with Gasteiger partial charge in [-0.05, 0) is 24.3 Å². The van der Waals surface area contributed by atoms with Crippen molar-refractivity contribution in [3.05, 3.63) is 29.8 Å². The molecule has 2 rings (SSSR count). The van der Waals surface area contributed by atoms with Crippen molar-refractivity contribution in [2.45, 2.75) is 30.7 Å². The van der Waals surface area contributed by atoms with Gasteiger partial charge in [-0.15, -0.1) is 0 Å². The van der Waals surface area contributed by atoms with Gasteiger partial charge < -0.3 is 34.6 Å². The Morgan fingerprint density at radius 2 is 1.78 bits per heavy atom. The van der Waals surface area contributed by atoms with Gasteiger partial charge in [-0.1, -0.05) is 11.8 Å². The fourth-order valence-electron chi connectivity index (χ4n) is 2.14. The third-order valence-electron chi connectivity index (χ3n) is 3.49. The van der Waals surface area contributed by atoms with Gasteiger partial charge >= 0.3 is 0 Å². The van der Waals surface area contributed by atoms with E-state index in [2.05, 4.69) is 11.8 Å². The van der Waals surface area contributed by atoms with E-state index in [-0.39, 0.29) is 6.61 Å². The molecule has 5 atom stereocenters. The highest BCUT2D eigenvalue weighted by Gasteiger charge is 2.43. The highest BCUT2D eigenvalue weighted by Crippen LogP contribution is 2.21. The van der Waals surface area contributed by atoms with Gasteiger partial charge in [0.05, 0.1) is 13.7 Å². The number of hydrogen-bond donors (Lipinski definition) is 4. The van der Waals surface area contributed by atoms with Gasteiger partial charge in [0, 0.05) is 5.56 Å². The van der Waals surface area contributed by atoms with Crippen molar-refractivity contribution in [1.29, 1.82) is 0 Å². The molecule has 1 aliphatic heterocycles. The highest BCUT2D eigenvalue weighted by atomic mass is 16.7. The topological polar surface area (TPSA) is 109 Å². The zero-order chi connectivity index (χ0) is 16.8. The highest BCUT2D eigenvalue weighted by molar-refractivity contribution is 5.38. The van der Waals surface area contributed by atoms with E-state index in [1.165, 1.54) is 0 Å². The summed E-state index contributed by atoms with van der Waals surface area (Å²) >= 11 is 0. The molecule has 0 amide bonds. The number of rotatable bonds is 4.